The number of rotatable bonds is 1. The highest BCUT2D eigenvalue weighted by Crippen LogP contribution is 2.28. The molecule has 0 bridgehead atoms. The largest absolute Gasteiger partial charge is 0.0985 e. The highest BCUT2D eigenvalue weighted by Gasteiger charge is 2.13. The first-order valence-electron chi connectivity index (χ1n) is 4.48. The highest BCUT2D eigenvalue weighted by atomic mass is 14.2. The molecule has 2 aliphatic carbocycles. The van der Waals surface area contributed by atoms with E-state index < -0.39 is 0 Å². The van der Waals surface area contributed by atoms with E-state index in [0.717, 1.165) is 0 Å². The molecule has 2 rings (SSSR count). The van der Waals surface area contributed by atoms with Gasteiger partial charge in [-0.3, -0.25) is 0 Å². The maximum absolute atomic E-state index is 3.81. The molecule has 0 aromatic heterocycles. The van der Waals surface area contributed by atoms with Crippen LogP contribution in [0.5, 0.6) is 0 Å². The van der Waals surface area contributed by atoms with Gasteiger partial charge in [0.2, 0.25) is 0 Å². The maximum atomic E-state index is 3.81. The molecular formula is C13H12. The predicted molar refractivity (Wildman–Crippen MR) is 57.3 cm³/mol. The molecule has 0 fully saturated rings. The van der Waals surface area contributed by atoms with Crippen LogP contribution in [0.15, 0.2) is 72.4 Å². The fourth-order valence-corrected chi connectivity index (χ4v) is 1.64. The molecule has 0 aliphatic heterocycles. The standard InChI is InChI=1S/C13H12/c1-2-11-8-6-9-12-7-4-3-5-10-13(11)12/h2-10,12H,1H2. The summed E-state index contributed by atoms with van der Waals surface area (Å²) in [6.07, 6.45) is 18.9. The lowest BCUT2D eigenvalue weighted by Crippen LogP contribution is -2.02. The van der Waals surface area contributed by atoms with Gasteiger partial charge >= 0.3 is 0 Å². The Morgan fingerprint density at radius 1 is 1.00 bits per heavy atom. The van der Waals surface area contributed by atoms with Crippen LogP contribution in [0, 0.1) is 5.92 Å². The van der Waals surface area contributed by atoms with Gasteiger partial charge in [-0.15, -0.1) is 0 Å². The smallest absolute Gasteiger partial charge is 0.0210 e. The monoisotopic (exact) mass is 168 g/mol. The first kappa shape index (κ1) is 8.06. The van der Waals surface area contributed by atoms with Gasteiger partial charge in [-0.1, -0.05) is 61.3 Å². The van der Waals surface area contributed by atoms with Crippen LogP contribution < -0.4 is 0 Å². The molecule has 64 valence electrons. The third-order valence-electron chi connectivity index (χ3n) is 2.32. The Hall–Kier alpha value is -1.56. The normalized spacial score (nSPS) is 24.5. The summed E-state index contributed by atoms with van der Waals surface area (Å²) >= 11 is 0. The Morgan fingerprint density at radius 2 is 1.85 bits per heavy atom. The lowest BCUT2D eigenvalue weighted by molar-refractivity contribution is 0.979. The van der Waals surface area contributed by atoms with E-state index in [0.29, 0.717) is 5.92 Å². The number of hydrogen-bond donors (Lipinski definition) is 0. The summed E-state index contributed by atoms with van der Waals surface area (Å²) in [5.41, 5.74) is 2.56. The van der Waals surface area contributed by atoms with Crippen molar-refractivity contribution in [1.82, 2.24) is 0 Å². The van der Waals surface area contributed by atoms with Crippen molar-refractivity contribution in [1.29, 1.82) is 0 Å². The quantitative estimate of drug-likeness (QED) is 0.563. The molecule has 0 N–H and O–H groups in total. The van der Waals surface area contributed by atoms with Crippen molar-refractivity contribution in [3.63, 3.8) is 0 Å². The summed E-state index contributed by atoms with van der Waals surface area (Å²) < 4.78 is 0. The fraction of sp³-hybridized carbons (Fsp3) is 0.0769. The molecule has 0 saturated carbocycles. The van der Waals surface area contributed by atoms with Gasteiger partial charge in [-0.2, -0.15) is 0 Å². The van der Waals surface area contributed by atoms with Crippen LogP contribution >= 0.6 is 0 Å². The van der Waals surface area contributed by atoms with E-state index in [1.807, 2.05) is 6.08 Å². The van der Waals surface area contributed by atoms with Crippen LogP contribution in [0.4, 0.5) is 0 Å². The maximum Gasteiger partial charge on any atom is 0.0210 e. The summed E-state index contributed by atoms with van der Waals surface area (Å²) in [5, 5.41) is 0. The molecule has 13 heavy (non-hydrogen) atoms. The summed E-state index contributed by atoms with van der Waals surface area (Å²) in [6.45, 7) is 3.81. The molecule has 0 saturated heterocycles. The predicted octanol–water partition coefficient (Wildman–Crippen LogP) is 3.34. The first-order valence-corrected chi connectivity index (χ1v) is 4.48. The van der Waals surface area contributed by atoms with E-state index in [2.05, 4.69) is 55.2 Å². The van der Waals surface area contributed by atoms with Crippen LogP contribution in [0.2, 0.25) is 0 Å². The Labute approximate surface area is 79.0 Å². The summed E-state index contributed by atoms with van der Waals surface area (Å²) in [6, 6.07) is 0. The zero-order chi connectivity index (χ0) is 9.10. The molecule has 0 heteroatoms. The second kappa shape index (κ2) is 3.44. The van der Waals surface area contributed by atoms with Crippen molar-refractivity contribution in [3.05, 3.63) is 72.4 Å². The number of hydrogen-bond acceptors (Lipinski definition) is 0. The van der Waals surface area contributed by atoms with Crippen LogP contribution in [0.25, 0.3) is 0 Å². The average Bonchev–Trinajstić information content (AvgIpc) is 2.41. The molecule has 0 radical (unpaired) electrons. The second-order valence-electron chi connectivity index (χ2n) is 3.13. The van der Waals surface area contributed by atoms with Gasteiger partial charge in [0.1, 0.15) is 0 Å². The van der Waals surface area contributed by atoms with Gasteiger partial charge in [-0.25, -0.2) is 0 Å². The molecule has 0 heterocycles. The highest BCUT2D eigenvalue weighted by molar-refractivity contribution is 5.51. The van der Waals surface area contributed by atoms with Crippen molar-refractivity contribution in [3.8, 4) is 0 Å². The van der Waals surface area contributed by atoms with Crippen molar-refractivity contribution in [2.24, 2.45) is 5.92 Å². The SMILES string of the molecule is C=CC1=CC=CC2C=CC=CC=C12. The average molecular weight is 168 g/mol. The van der Waals surface area contributed by atoms with E-state index in [4.69, 9.17) is 0 Å². The summed E-state index contributed by atoms with van der Waals surface area (Å²) in [4.78, 5) is 0. The molecule has 0 amide bonds. The number of allylic oxidation sites excluding steroid dienone is 11. The van der Waals surface area contributed by atoms with E-state index >= 15 is 0 Å². The van der Waals surface area contributed by atoms with Gasteiger partial charge in [-0.05, 0) is 11.1 Å². The van der Waals surface area contributed by atoms with E-state index in [-0.39, 0.29) is 0 Å². The van der Waals surface area contributed by atoms with Crippen molar-refractivity contribution in [2.75, 3.05) is 0 Å². The van der Waals surface area contributed by atoms with Crippen molar-refractivity contribution in [2.45, 2.75) is 0 Å². The Morgan fingerprint density at radius 3 is 2.69 bits per heavy atom. The Kier molecular flexibility index (Phi) is 2.13. The molecule has 0 nitrogen and oxygen atoms in total. The minimum absolute atomic E-state index is 0.424. The molecule has 0 spiro atoms. The molecule has 0 aromatic carbocycles. The third kappa shape index (κ3) is 1.48. The molecule has 0 aromatic rings. The van der Waals surface area contributed by atoms with Gasteiger partial charge in [0.15, 0.2) is 0 Å². The van der Waals surface area contributed by atoms with E-state index in [1.165, 1.54) is 11.1 Å². The Balaban J connectivity index is 2.45. The van der Waals surface area contributed by atoms with Gasteiger partial charge < -0.3 is 0 Å². The van der Waals surface area contributed by atoms with Gasteiger partial charge in [0.05, 0.1) is 0 Å². The van der Waals surface area contributed by atoms with Gasteiger partial charge in [0, 0.05) is 5.92 Å². The fourth-order valence-electron chi connectivity index (χ4n) is 1.64. The van der Waals surface area contributed by atoms with Crippen molar-refractivity contribution < 1.29 is 0 Å². The van der Waals surface area contributed by atoms with Crippen LogP contribution in [-0.4, -0.2) is 0 Å². The van der Waals surface area contributed by atoms with E-state index in [1.54, 1.807) is 0 Å². The van der Waals surface area contributed by atoms with E-state index in [9.17, 15) is 0 Å². The minimum Gasteiger partial charge on any atom is -0.0985 e. The second-order valence-corrected chi connectivity index (χ2v) is 3.13. The molecule has 2 aliphatic rings. The first-order chi connectivity index (χ1) is 6.42. The van der Waals surface area contributed by atoms with Crippen LogP contribution in [0.3, 0.4) is 0 Å². The lowest BCUT2D eigenvalue weighted by atomic mass is 9.88. The summed E-state index contributed by atoms with van der Waals surface area (Å²) in [7, 11) is 0. The van der Waals surface area contributed by atoms with Crippen molar-refractivity contribution >= 4 is 0 Å². The topological polar surface area (TPSA) is 0 Å². The van der Waals surface area contributed by atoms with Crippen LogP contribution in [0.1, 0.15) is 0 Å². The molecular weight excluding hydrogens is 156 g/mol. The molecule has 1 unspecified atom stereocenters. The zero-order valence-corrected chi connectivity index (χ0v) is 7.48. The minimum atomic E-state index is 0.424. The third-order valence-corrected chi connectivity index (χ3v) is 2.32. The van der Waals surface area contributed by atoms with Gasteiger partial charge in [0.25, 0.3) is 0 Å². The molecule has 1 atom stereocenters. The Bertz CT molecular complexity index is 359. The number of fused-ring (bicyclic) bond motifs is 1. The lowest BCUT2D eigenvalue weighted by Gasteiger charge is -2.16. The summed E-state index contributed by atoms with van der Waals surface area (Å²) in [5.74, 6) is 0.424. The van der Waals surface area contributed by atoms with Crippen LogP contribution in [-0.2, 0) is 0 Å². The zero-order valence-electron chi connectivity index (χ0n) is 7.48.